The van der Waals surface area contributed by atoms with Crippen LogP contribution in [0.3, 0.4) is 0 Å². The lowest BCUT2D eigenvalue weighted by molar-refractivity contribution is -0.141. The molecule has 1 aromatic heterocycles. The molecule has 2 aliphatic rings. The van der Waals surface area contributed by atoms with E-state index in [-0.39, 0.29) is 18.0 Å². The fourth-order valence-corrected chi connectivity index (χ4v) is 4.75. The predicted molar refractivity (Wildman–Crippen MR) is 132 cm³/mol. The number of carbonyl (C=O) groups is 3. The lowest BCUT2D eigenvalue weighted by Crippen LogP contribution is -2.54. The third-order valence-electron chi connectivity index (χ3n) is 6.72. The van der Waals surface area contributed by atoms with E-state index in [0.29, 0.717) is 44.6 Å². The van der Waals surface area contributed by atoms with Crippen molar-refractivity contribution < 1.29 is 19.5 Å². The molecule has 0 bridgehead atoms. The van der Waals surface area contributed by atoms with Crippen LogP contribution in [-0.2, 0) is 11.3 Å². The minimum atomic E-state index is -0.966. The number of carboxylic acids is 1. The van der Waals surface area contributed by atoms with Gasteiger partial charge < -0.3 is 24.7 Å². The Morgan fingerprint density at radius 3 is 2.49 bits per heavy atom. The topological polar surface area (TPSA) is 97.3 Å². The third-order valence-corrected chi connectivity index (χ3v) is 6.72. The van der Waals surface area contributed by atoms with Gasteiger partial charge in [-0.05, 0) is 56.5 Å². The second-order valence-electron chi connectivity index (χ2n) is 9.36. The number of likely N-dealkylation sites (tertiary alicyclic amines) is 1. The molecule has 186 valence electrons. The van der Waals surface area contributed by atoms with E-state index in [9.17, 15) is 19.5 Å². The molecule has 35 heavy (non-hydrogen) atoms. The molecule has 0 spiro atoms. The first-order valence-corrected chi connectivity index (χ1v) is 12.2. The number of hydrogen-bond acceptors (Lipinski definition) is 5. The summed E-state index contributed by atoms with van der Waals surface area (Å²) in [6.45, 7) is 7.46. The van der Waals surface area contributed by atoms with Crippen molar-refractivity contribution in [2.45, 2.75) is 45.3 Å². The van der Waals surface area contributed by atoms with Crippen molar-refractivity contribution in [1.82, 2.24) is 19.7 Å². The Hall–Kier alpha value is -3.62. The molecule has 1 N–H and O–H groups in total. The molecule has 0 radical (unpaired) electrons. The summed E-state index contributed by atoms with van der Waals surface area (Å²) in [6.07, 6.45) is 2.94. The highest BCUT2D eigenvalue weighted by atomic mass is 16.4. The average Bonchev–Trinajstić information content (AvgIpc) is 3.38. The Morgan fingerprint density at radius 1 is 1.06 bits per heavy atom. The maximum absolute atomic E-state index is 13.4. The van der Waals surface area contributed by atoms with Crippen LogP contribution in [0, 0.1) is 0 Å². The van der Waals surface area contributed by atoms with Gasteiger partial charge in [0.1, 0.15) is 11.9 Å². The van der Waals surface area contributed by atoms with Gasteiger partial charge in [0.2, 0.25) is 0 Å². The van der Waals surface area contributed by atoms with E-state index in [4.69, 9.17) is 0 Å². The smallest absolute Gasteiger partial charge is 0.326 e. The van der Waals surface area contributed by atoms with E-state index in [2.05, 4.69) is 9.88 Å². The number of aromatic nitrogens is 1. The summed E-state index contributed by atoms with van der Waals surface area (Å²) in [7, 11) is 0. The number of piperazine rings is 1. The van der Waals surface area contributed by atoms with E-state index < -0.39 is 12.0 Å². The minimum absolute atomic E-state index is 0.0225. The number of amides is 3. The number of nitrogens with zero attached hydrogens (tertiary/aromatic N) is 5. The van der Waals surface area contributed by atoms with Crippen LogP contribution >= 0.6 is 0 Å². The van der Waals surface area contributed by atoms with Gasteiger partial charge in [-0.3, -0.25) is 4.79 Å². The van der Waals surface area contributed by atoms with Crippen LogP contribution in [0.15, 0.2) is 48.7 Å². The van der Waals surface area contributed by atoms with E-state index >= 15 is 0 Å². The zero-order chi connectivity index (χ0) is 24.9. The molecule has 2 saturated heterocycles. The van der Waals surface area contributed by atoms with Crippen molar-refractivity contribution in [2.75, 3.05) is 37.6 Å². The van der Waals surface area contributed by atoms with Gasteiger partial charge in [0.15, 0.2) is 0 Å². The van der Waals surface area contributed by atoms with Crippen LogP contribution in [-0.4, -0.2) is 87.5 Å². The zero-order valence-electron chi connectivity index (χ0n) is 20.3. The summed E-state index contributed by atoms with van der Waals surface area (Å²) in [5.74, 6) is -0.318. The van der Waals surface area contributed by atoms with Crippen molar-refractivity contribution in [2.24, 2.45) is 0 Å². The van der Waals surface area contributed by atoms with E-state index in [1.807, 2.05) is 47.9 Å². The van der Waals surface area contributed by atoms with Crippen LogP contribution in [0.2, 0.25) is 0 Å². The number of carboxylic acid groups (broad SMARTS) is 1. The number of aliphatic carboxylic acids is 1. The highest BCUT2D eigenvalue weighted by Gasteiger charge is 2.34. The van der Waals surface area contributed by atoms with Crippen LogP contribution in [0.4, 0.5) is 10.6 Å². The number of urea groups is 1. The lowest BCUT2D eigenvalue weighted by atomic mass is 10.1. The Balaban J connectivity index is 1.42. The Kier molecular flexibility index (Phi) is 7.53. The molecule has 2 aliphatic heterocycles. The van der Waals surface area contributed by atoms with Crippen LogP contribution in [0.5, 0.6) is 0 Å². The molecule has 9 heteroatoms. The molecule has 1 atom stereocenters. The molecule has 3 amide bonds. The van der Waals surface area contributed by atoms with E-state index in [1.54, 1.807) is 24.4 Å². The largest absolute Gasteiger partial charge is 0.480 e. The van der Waals surface area contributed by atoms with Crippen molar-refractivity contribution in [3.8, 4) is 0 Å². The number of pyridine rings is 1. The van der Waals surface area contributed by atoms with E-state index in [0.717, 1.165) is 24.5 Å². The molecule has 1 aromatic carbocycles. The summed E-state index contributed by atoms with van der Waals surface area (Å²) in [5, 5.41) is 9.43. The fourth-order valence-electron chi connectivity index (χ4n) is 4.75. The standard InChI is InChI=1S/C26H33N5O4/c1-19(2)31(26(35)29-15-13-28(14-16-29)23-10-3-4-11-27-23)18-20-7-5-8-21(17-20)24(32)30-12-6-9-22(30)25(33)34/h3-5,7-8,10-11,17,19,22H,6,9,12-16,18H2,1-2H3,(H,33,34)/t22-/m1/s1. The number of hydrogen-bond donors (Lipinski definition) is 1. The maximum Gasteiger partial charge on any atom is 0.326 e. The van der Waals surface area contributed by atoms with Crippen molar-refractivity contribution >= 4 is 23.7 Å². The minimum Gasteiger partial charge on any atom is -0.480 e. The monoisotopic (exact) mass is 479 g/mol. The zero-order valence-corrected chi connectivity index (χ0v) is 20.3. The fraction of sp³-hybridized carbons (Fsp3) is 0.462. The quantitative estimate of drug-likeness (QED) is 0.684. The van der Waals surface area contributed by atoms with Crippen molar-refractivity contribution in [3.05, 3.63) is 59.8 Å². The Bertz CT molecular complexity index is 1050. The van der Waals surface area contributed by atoms with Gasteiger partial charge in [0.25, 0.3) is 5.91 Å². The molecule has 3 heterocycles. The summed E-state index contributed by atoms with van der Waals surface area (Å²) in [6, 6.07) is 12.2. The van der Waals surface area contributed by atoms with Gasteiger partial charge in [0.05, 0.1) is 0 Å². The molecular weight excluding hydrogens is 446 g/mol. The molecule has 0 saturated carbocycles. The molecule has 0 aliphatic carbocycles. The predicted octanol–water partition coefficient (Wildman–Crippen LogP) is 2.92. The highest BCUT2D eigenvalue weighted by molar-refractivity contribution is 5.97. The Morgan fingerprint density at radius 2 is 1.83 bits per heavy atom. The van der Waals surface area contributed by atoms with Crippen LogP contribution in [0.1, 0.15) is 42.6 Å². The van der Waals surface area contributed by atoms with E-state index in [1.165, 1.54) is 4.90 Å². The third kappa shape index (κ3) is 5.55. The normalized spacial score (nSPS) is 18.1. The summed E-state index contributed by atoms with van der Waals surface area (Å²) >= 11 is 0. The molecule has 9 nitrogen and oxygen atoms in total. The second kappa shape index (κ2) is 10.8. The van der Waals surface area contributed by atoms with Crippen molar-refractivity contribution in [1.29, 1.82) is 0 Å². The maximum atomic E-state index is 13.4. The highest BCUT2D eigenvalue weighted by Crippen LogP contribution is 2.22. The number of rotatable bonds is 6. The van der Waals surface area contributed by atoms with Crippen LogP contribution < -0.4 is 4.90 Å². The molecule has 2 fully saturated rings. The number of anilines is 1. The SMILES string of the molecule is CC(C)N(Cc1cccc(C(=O)N2CCC[C@@H]2C(=O)O)c1)C(=O)N1CCN(c2ccccn2)CC1. The average molecular weight is 480 g/mol. The molecule has 2 aromatic rings. The molecule has 4 rings (SSSR count). The number of benzene rings is 1. The van der Waals surface area contributed by atoms with Crippen molar-refractivity contribution in [3.63, 3.8) is 0 Å². The van der Waals surface area contributed by atoms with Crippen LogP contribution in [0.25, 0.3) is 0 Å². The second-order valence-corrected chi connectivity index (χ2v) is 9.36. The first-order valence-electron chi connectivity index (χ1n) is 12.2. The van der Waals surface area contributed by atoms with Gasteiger partial charge in [-0.2, -0.15) is 0 Å². The summed E-state index contributed by atoms with van der Waals surface area (Å²) < 4.78 is 0. The van der Waals surface area contributed by atoms with Gasteiger partial charge >= 0.3 is 12.0 Å². The Labute approximate surface area is 205 Å². The van der Waals surface area contributed by atoms with Gasteiger partial charge in [-0.15, -0.1) is 0 Å². The first-order chi connectivity index (χ1) is 16.8. The summed E-state index contributed by atoms with van der Waals surface area (Å²) in [4.78, 5) is 49.7. The molecular formula is C26H33N5O4. The summed E-state index contributed by atoms with van der Waals surface area (Å²) in [5.41, 5.74) is 1.30. The van der Waals surface area contributed by atoms with Gasteiger partial charge in [0, 0.05) is 57.1 Å². The first kappa shape index (κ1) is 24.5. The number of carbonyl (C=O) groups excluding carboxylic acids is 2. The van der Waals surface area contributed by atoms with Gasteiger partial charge in [-0.25, -0.2) is 14.6 Å². The lowest BCUT2D eigenvalue weighted by Gasteiger charge is -2.39. The molecule has 0 unspecified atom stereocenters. The van der Waals surface area contributed by atoms with Gasteiger partial charge in [-0.1, -0.05) is 18.2 Å².